The molecular formula is C30H40Cl2N4. The topological polar surface area (TPSA) is 30.9 Å². The summed E-state index contributed by atoms with van der Waals surface area (Å²) in [4.78, 5) is 10.2. The summed E-state index contributed by atoms with van der Waals surface area (Å²) in [5, 5.41) is 3.75. The summed E-state index contributed by atoms with van der Waals surface area (Å²) in [6, 6.07) is 19.7. The zero-order valence-electron chi connectivity index (χ0n) is 22.4. The third-order valence-electron chi connectivity index (χ3n) is 6.69. The Hall–Kier alpha value is -2.53. The highest BCUT2D eigenvalue weighted by Crippen LogP contribution is 2.28. The van der Waals surface area contributed by atoms with Crippen LogP contribution in [0.4, 0.5) is 11.4 Å². The largest absolute Gasteiger partial charge is 0.340 e. The molecule has 1 aliphatic heterocycles. The van der Waals surface area contributed by atoms with Crippen molar-refractivity contribution in [1.29, 1.82) is 0 Å². The van der Waals surface area contributed by atoms with E-state index in [1.54, 1.807) is 0 Å². The van der Waals surface area contributed by atoms with Gasteiger partial charge in [0, 0.05) is 38.4 Å². The molecule has 0 unspecified atom stereocenters. The highest BCUT2D eigenvalue weighted by atomic mass is 35.5. The molecule has 3 aromatic carbocycles. The lowest BCUT2D eigenvalue weighted by atomic mass is 10.0. The molecule has 0 aliphatic carbocycles. The molecule has 1 heterocycles. The van der Waals surface area contributed by atoms with Gasteiger partial charge in [-0.15, -0.1) is 24.8 Å². The predicted molar refractivity (Wildman–Crippen MR) is 160 cm³/mol. The van der Waals surface area contributed by atoms with E-state index in [1.165, 1.54) is 44.6 Å². The van der Waals surface area contributed by atoms with Crippen LogP contribution in [0, 0.1) is 41.5 Å². The SMILES string of the molecule is Cc1cc(C)c(N=C(Nc2c(C)cc(C)cc2C)N2CCN(Cc3ccccc3)CC2)c(C)c1.Cl.Cl. The van der Waals surface area contributed by atoms with Crippen LogP contribution in [-0.2, 0) is 6.54 Å². The van der Waals surface area contributed by atoms with E-state index in [9.17, 15) is 0 Å². The van der Waals surface area contributed by atoms with E-state index in [0.29, 0.717) is 0 Å². The summed E-state index contributed by atoms with van der Waals surface area (Å²) < 4.78 is 0. The molecule has 0 spiro atoms. The number of aryl methyl sites for hydroxylation is 6. The van der Waals surface area contributed by atoms with Crippen molar-refractivity contribution in [2.45, 2.75) is 48.1 Å². The maximum absolute atomic E-state index is 5.24. The molecule has 4 nitrogen and oxygen atoms in total. The number of anilines is 1. The Morgan fingerprint density at radius 2 is 1.22 bits per heavy atom. The number of nitrogens with one attached hydrogen (secondary N) is 1. The van der Waals surface area contributed by atoms with E-state index in [1.807, 2.05) is 0 Å². The Morgan fingerprint density at radius 1 is 0.722 bits per heavy atom. The Bertz CT molecular complexity index is 1140. The van der Waals surface area contributed by atoms with E-state index in [2.05, 4.69) is 111 Å². The molecule has 194 valence electrons. The third kappa shape index (κ3) is 7.25. The van der Waals surface area contributed by atoms with Gasteiger partial charge in [-0.05, 0) is 69.4 Å². The molecule has 1 aliphatic rings. The number of benzene rings is 3. The molecule has 4 rings (SSSR count). The maximum atomic E-state index is 5.24. The van der Waals surface area contributed by atoms with Crippen LogP contribution < -0.4 is 5.32 Å². The van der Waals surface area contributed by atoms with Gasteiger partial charge >= 0.3 is 0 Å². The number of aliphatic imine (C=N–C) groups is 1. The molecule has 0 saturated carbocycles. The van der Waals surface area contributed by atoms with Gasteiger partial charge < -0.3 is 10.2 Å². The molecular weight excluding hydrogens is 487 g/mol. The molecule has 0 atom stereocenters. The number of piperazine rings is 1. The van der Waals surface area contributed by atoms with Crippen LogP contribution in [0.2, 0.25) is 0 Å². The Labute approximate surface area is 229 Å². The van der Waals surface area contributed by atoms with E-state index < -0.39 is 0 Å². The van der Waals surface area contributed by atoms with Gasteiger partial charge in [0.05, 0.1) is 5.69 Å². The predicted octanol–water partition coefficient (Wildman–Crippen LogP) is 7.30. The van der Waals surface area contributed by atoms with Crippen molar-refractivity contribution >= 4 is 42.1 Å². The number of hydrogen-bond acceptors (Lipinski definition) is 2. The third-order valence-corrected chi connectivity index (χ3v) is 6.69. The van der Waals surface area contributed by atoms with E-state index in [0.717, 1.165) is 44.4 Å². The minimum Gasteiger partial charge on any atom is -0.340 e. The van der Waals surface area contributed by atoms with Gasteiger partial charge in [0.15, 0.2) is 0 Å². The lowest BCUT2D eigenvalue weighted by molar-refractivity contribution is 0.175. The molecule has 0 amide bonds. The fourth-order valence-corrected chi connectivity index (χ4v) is 5.08. The van der Waals surface area contributed by atoms with E-state index in [-0.39, 0.29) is 24.8 Å². The van der Waals surface area contributed by atoms with Crippen molar-refractivity contribution in [2.75, 3.05) is 31.5 Å². The van der Waals surface area contributed by atoms with Gasteiger partial charge in [0.2, 0.25) is 5.96 Å². The zero-order chi connectivity index (χ0) is 24.2. The van der Waals surface area contributed by atoms with Crippen LogP contribution in [0.3, 0.4) is 0 Å². The first kappa shape index (κ1) is 29.7. The minimum absolute atomic E-state index is 0. The second kappa shape index (κ2) is 13.1. The van der Waals surface area contributed by atoms with Crippen LogP contribution in [0.5, 0.6) is 0 Å². The van der Waals surface area contributed by atoms with Crippen molar-refractivity contribution < 1.29 is 0 Å². The van der Waals surface area contributed by atoms with Crippen LogP contribution in [0.25, 0.3) is 0 Å². The normalized spacial score (nSPS) is 14.2. The fourth-order valence-electron chi connectivity index (χ4n) is 5.08. The number of nitrogens with zero attached hydrogens (tertiary/aromatic N) is 3. The van der Waals surface area contributed by atoms with E-state index in [4.69, 9.17) is 4.99 Å². The fraction of sp³-hybridized carbons (Fsp3) is 0.367. The Balaban J connectivity index is 0.00000228. The Morgan fingerprint density at radius 3 is 1.75 bits per heavy atom. The van der Waals surface area contributed by atoms with Gasteiger partial charge in [-0.1, -0.05) is 65.7 Å². The number of guanidine groups is 1. The molecule has 1 fully saturated rings. The summed E-state index contributed by atoms with van der Waals surface area (Å²) in [6.07, 6.45) is 0. The smallest absolute Gasteiger partial charge is 0.203 e. The summed E-state index contributed by atoms with van der Waals surface area (Å²) in [5.74, 6) is 0.949. The maximum Gasteiger partial charge on any atom is 0.203 e. The second-order valence-electron chi connectivity index (χ2n) is 9.83. The molecule has 36 heavy (non-hydrogen) atoms. The molecule has 6 heteroatoms. The molecule has 3 aromatic rings. The molecule has 0 bridgehead atoms. The first-order valence-corrected chi connectivity index (χ1v) is 12.3. The first-order chi connectivity index (χ1) is 16.3. The van der Waals surface area contributed by atoms with Crippen molar-refractivity contribution in [3.63, 3.8) is 0 Å². The number of halogens is 2. The highest BCUT2D eigenvalue weighted by molar-refractivity contribution is 5.97. The van der Waals surface area contributed by atoms with Gasteiger partial charge in [-0.3, -0.25) is 4.90 Å². The monoisotopic (exact) mass is 526 g/mol. The molecule has 0 aromatic heterocycles. The highest BCUT2D eigenvalue weighted by Gasteiger charge is 2.22. The van der Waals surface area contributed by atoms with Gasteiger partial charge in [-0.2, -0.15) is 0 Å². The van der Waals surface area contributed by atoms with E-state index >= 15 is 0 Å². The van der Waals surface area contributed by atoms with Gasteiger partial charge in [0.25, 0.3) is 0 Å². The number of rotatable bonds is 4. The standard InChI is InChI=1S/C30H38N4.2ClH/c1-21-16-23(3)28(24(4)17-21)31-30(32-29-25(5)18-22(2)19-26(29)6)34-14-12-33(13-15-34)20-27-10-8-7-9-11-27;;/h7-11,16-19H,12-15,20H2,1-6H3,(H,31,32);2*1H. The minimum atomic E-state index is 0. The van der Waals surface area contributed by atoms with Crippen molar-refractivity contribution in [3.8, 4) is 0 Å². The first-order valence-electron chi connectivity index (χ1n) is 12.3. The second-order valence-corrected chi connectivity index (χ2v) is 9.83. The summed E-state index contributed by atoms with van der Waals surface area (Å²) in [7, 11) is 0. The summed E-state index contributed by atoms with van der Waals surface area (Å²) >= 11 is 0. The lowest BCUT2D eigenvalue weighted by Gasteiger charge is -2.37. The van der Waals surface area contributed by atoms with Crippen molar-refractivity contribution in [3.05, 3.63) is 93.5 Å². The van der Waals surface area contributed by atoms with Crippen LogP contribution in [0.15, 0.2) is 59.6 Å². The van der Waals surface area contributed by atoms with Crippen molar-refractivity contribution in [2.24, 2.45) is 4.99 Å². The number of hydrogen-bond donors (Lipinski definition) is 1. The Kier molecular flexibility index (Phi) is 10.8. The van der Waals surface area contributed by atoms with Gasteiger partial charge in [0.1, 0.15) is 0 Å². The quantitative estimate of drug-likeness (QED) is 0.285. The van der Waals surface area contributed by atoms with Gasteiger partial charge in [-0.25, -0.2) is 4.99 Å². The summed E-state index contributed by atoms with van der Waals surface area (Å²) in [6.45, 7) is 17.9. The summed E-state index contributed by atoms with van der Waals surface area (Å²) in [5.41, 5.74) is 11.1. The molecule has 0 radical (unpaired) electrons. The molecule has 1 N–H and O–H groups in total. The van der Waals surface area contributed by atoms with Crippen LogP contribution in [0.1, 0.15) is 38.9 Å². The van der Waals surface area contributed by atoms with Crippen LogP contribution in [-0.4, -0.2) is 41.9 Å². The average Bonchev–Trinajstić information content (AvgIpc) is 2.78. The average molecular weight is 528 g/mol. The van der Waals surface area contributed by atoms with Crippen molar-refractivity contribution in [1.82, 2.24) is 9.80 Å². The zero-order valence-corrected chi connectivity index (χ0v) is 24.0. The van der Waals surface area contributed by atoms with Crippen LogP contribution >= 0.6 is 24.8 Å². The lowest BCUT2D eigenvalue weighted by Crippen LogP contribution is -2.50. The molecule has 1 saturated heterocycles.